The van der Waals surface area contributed by atoms with E-state index in [0.29, 0.717) is 29.5 Å². The van der Waals surface area contributed by atoms with Gasteiger partial charge >= 0.3 is 0 Å². The van der Waals surface area contributed by atoms with Crippen LogP contribution in [0.25, 0.3) is 5.69 Å². The van der Waals surface area contributed by atoms with Gasteiger partial charge in [-0.1, -0.05) is 49.4 Å². The maximum absolute atomic E-state index is 13.1. The molecule has 1 saturated heterocycles. The molecule has 180 valence electrons. The zero-order valence-electron chi connectivity index (χ0n) is 19.4. The van der Waals surface area contributed by atoms with Gasteiger partial charge in [-0.25, -0.2) is 8.42 Å². The molecule has 0 radical (unpaired) electrons. The normalized spacial score (nSPS) is 14.8. The number of nitrogens with zero attached hydrogens (tertiary/aromatic N) is 4. The molecule has 8 nitrogen and oxygen atoms in total. The van der Waals surface area contributed by atoms with Gasteiger partial charge in [0, 0.05) is 18.8 Å². The Kier molecular flexibility index (Phi) is 7.70. The van der Waals surface area contributed by atoms with Crippen LogP contribution in [0.2, 0.25) is 0 Å². The highest BCUT2D eigenvalue weighted by atomic mass is 32.2. The number of anilines is 1. The Morgan fingerprint density at radius 2 is 1.88 bits per heavy atom. The Hall–Kier alpha value is -2.69. The molecule has 10 heteroatoms. The van der Waals surface area contributed by atoms with Crippen LogP contribution in [-0.2, 0) is 21.2 Å². The van der Waals surface area contributed by atoms with Crippen LogP contribution in [-0.4, -0.2) is 52.2 Å². The van der Waals surface area contributed by atoms with E-state index in [-0.39, 0.29) is 16.6 Å². The minimum Gasteiger partial charge on any atom is -0.325 e. The zero-order chi connectivity index (χ0) is 24.1. The van der Waals surface area contributed by atoms with Crippen molar-refractivity contribution in [1.29, 1.82) is 0 Å². The van der Waals surface area contributed by atoms with Crippen molar-refractivity contribution < 1.29 is 13.2 Å². The Balaban J connectivity index is 1.45. The average Bonchev–Trinajstić information content (AvgIpc) is 3.33. The number of rotatable bonds is 8. The number of hydrogen-bond donors (Lipinski definition) is 1. The molecule has 1 aliphatic rings. The third-order valence-electron chi connectivity index (χ3n) is 5.89. The zero-order valence-corrected chi connectivity index (χ0v) is 21.0. The molecule has 0 aliphatic carbocycles. The predicted molar refractivity (Wildman–Crippen MR) is 134 cm³/mol. The van der Waals surface area contributed by atoms with E-state index < -0.39 is 10.0 Å². The van der Waals surface area contributed by atoms with Crippen molar-refractivity contribution in [2.75, 3.05) is 24.2 Å². The molecular formula is C24H29N5O3S2. The summed E-state index contributed by atoms with van der Waals surface area (Å²) in [4.78, 5) is 12.9. The van der Waals surface area contributed by atoms with Gasteiger partial charge in [-0.15, -0.1) is 10.2 Å². The van der Waals surface area contributed by atoms with E-state index in [1.54, 1.807) is 35.8 Å². The molecule has 1 N–H and O–H groups in total. The molecule has 1 amide bonds. The van der Waals surface area contributed by atoms with Crippen LogP contribution in [0.15, 0.2) is 58.8 Å². The van der Waals surface area contributed by atoms with Crippen LogP contribution in [0.4, 0.5) is 5.69 Å². The van der Waals surface area contributed by atoms with E-state index in [9.17, 15) is 13.2 Å². The van der Waals surface area contributed by atoms with E-state index in [1.165, 1.54) is 11.8 Å². The first-order valence-corrected chi connectivity index (χ1v) is 13.8. The Morgan fingerprint density at radius 1 is 1.12 bits per heavy atom. The van der Waals surface area contributed by atoms with Gasteiger partial charge in [-0.3, -0.25) is 9.36 Å². The van der Waals surface area contributed by atoms with Crippen LogP contribution in [0.5, 0.6) is 0 Å². The Morgan fingerprint density at radius 3 is 2.65 bits per heavy atom. The smallest absolute Gasteiger partial charge is 0.243 e. The van der Waals surface area contributed by atoms with Crippen molar-refractivity contribution in [2.24, 2.45) is 0 Å². The molecule has 4 rings (SSSR count). The average molecular weight is 500 g/mol. The standard InChI is InChI=1S/C24H29N5O3S2/c1-3-19-9-5-6-10-21(19)29-17-25-27-24(29)33-16-23(30)26-20-12-11-18(2)22(15-20)34(31,32)28-13-7-4-8-14-28/h5-6,9-12,15,17H,3-4,7-8,13-14,16H2,1-2H3,(H,26,30). The highest BCUT2D eigenvalue weighted by molar-refractivity contribution is 7.99. The molecule has 1 aliphatic heterocycles. The summed E-state index contributed by atoms with van der Waals surface area (Å²) in [5, 5.41) is 11.6. The molecule has 0 unspecified atom stereocenters. The third kappa shape index (κ3) is 5.34. The van der Waals surface area contributed by atoms with Gasteiger partial charge in [0.2, 0.25) is 15.9 Å². The van der Waals surface area contributed by atoms with Crippen molar-refractivity contribution in [3.05, 3.63) is 59.9 Å². The lowest BCUT2D eigenvalue weighted by Gasteiger charge is -2.26. The number of carbonyl (C=O) groups is 1. The molecule has 2 aromatic carbocycles. The maximum atomic E-state index is 13.1. The SMILES string of the molecule is CCc1ccccc1-n1cnnc1SCC(=O)Nc1ccc(C)c(S(=O)(=O)N2CCCCC2)c1. The summed E-state index contributed by atoms with van der Waals surface area (Å²) in [6.07, 6.45) is 5.32. The van der Waals surface area contributed by atoms with Crippen LogP contribution >= 0.6 is 11.8 Å². The van der Waals surface area contributed by atoms with Crippen molar-refractivity contribution in [3.8, 4) is 5.69 Å². The topological polar surface area (TPSA) is 97.2 Å². The van der Waals surface area contributed by atoms with Crippen molar-refractivity contribution >= 4 is 33.4 Å². The number of piperidine rings is 1. The van der Waals surface area contributed by atoms with E-state index in [0.717, 1.165) is 36.9 Å². The first kappa shape index (κ1) is 24.4. The first-order valence-electron chi connectivity index (χ1n) is 11.4. The van der Waals surface area contributed by atoms with Gasteiger partial charge in [-0.05, 0) is 55.5 Å². The third-order valence-corrected chi connectivity index (χ3v) is 8.87. The molecule has 0 atom stereocenters. The second-order valence-corrected chi connectivity index (χ2v) is 11.1. The number of benzene rings is 2. The number of aromatic nitrogens is 3. The number of nitrogens with one attached hydrogen (secondary N) is 1. The summed E-state index contributed by atoms with van der Waals surface area (Å²) in [7, 11) is -3.59. The number of sulfonamides is 1. The quantitative estimate of drug-likeness (QED) is 0.470. The highest BCUT2D eigenvalue weighted by Gasteiger charge is 2.27. The van der Waals surface area contributed by atoms with E-state index in [4.69, 9.17) is 0 Å². The van der Waals surface area contributed by atoms with Gasteiger partial charge in [-0.2, -0.15) is 4.31 Å². The second-order valence-electron chi connectivity index (χ2n) is 8.25. The van der Waals surface area contributed by atoms with Crippen molar-refractivity contribution in [2.45, 2.75) is 49.6 Å². The summed E-state index contributed by atoms with van der Waals surface area (Å²) in [6.45, 7) is 4.94. The number of carbonyl (C=O) groups excluding carboxylic acids is 1. The number of thioether (sulfide) groups is 1. The Bertz CT molecular complexity index is 1270. The molecule has 1 fully saturated rings. The van der Waals surface area contributed by atoms with E-state index in [2.05, 4.69) is 28.5 Å². The summed E-state index contributed by atoms with van der Waals surface area (Å²) in [6, 6.07) is 13.0. The predicted octanol–water partition coefficient (Wildman–Crippen LogP) is 4.04. The lowest BCUT2D eigenvalue weighted by Crippen LogP contribution is -2.36. The van der Waals surface area contributed by atoms with Gasteiger partial charge in [0.15, 0.2) is 5.16 Å². The monoisotopic (exact) mass is 499 g/mol. The molecule has 1 aromatic heterocycles. The summed E-state index contributed by atoms with van der Waals surface area (Å²) in [5.41, 5.74) is 3.28. The van der Waals surface area contributed by atoms with Gasteiger partial charge in [0.25, 0.3) is 0 Å². The number of hydrogen-bond acceptors (Lipinski definition) is 6. The fourth-order valence-corrected chi connectivity index (χ4v) is 6.55. The van der Waals surface area contributed by atoms with E-state index in [1.807, 2.05) is 22.8 Å². The lowest BCUT2D eigenvalue weighted by molar-refractivity contribution is -0.113. The maximum Gasteiger partial charge on any atom is 0.243 e. The fraction of sp³-hybridized carbons (Fsp3) is 0.375. The van der Waals surface area contributed by atoms with Gasteiger partial charge < -0.3 is 5.32 Å². The van der Waals surface area contributed by atoms with Crippen molar-refractivity contribution in [1.82, 2.24) is 19.1 Å². The van der Waals surface area contributed by atoms with Gasteiger partial charge in [0.1, 0.15) is 6.33 Å². The molecule has 3 aromatic rings. The number of amides is 1. The summed E-state index contributed by atoms with van der Waals surface area (Å²) < 4.78 is 29.7. The first-order chi connectivity index (χ1) is 16.4. The Labute approximate surface area is 204 Å². The summed E-state index contributed by atoms with van der Waals surface area (Å²) in [5.74, 6) is -0.122. The summed E-state index contributed by atoms with van der Waals surface area (Å²) >= 11 is 1.28. The molecule has 0 bridgehead atoms. The minimum atomic E-state index is -3.59. The van der Waals surface area contributed by atoms with E-state index >= 15 is 0 Å². The van der Waals surface area contributed by atoms with Crippen LogP contribution in [0.1, 0.15) is 37.3 Å². The largest absolute Gasteiger partial charge is 0.325 e. The minimum absolute atomic E-state index is 0.120. The second kappa shape index (κ2) is 10.7. The lowest BCUT2D eigenvalue weighted by atomic mass is 10.1. The highest BCUT2D eigenvalue weighted by Crippen LogP contribution is 2.27. The van der Waals surface area contributed by atoms with Gasteiger partial charge in [0.05, 0.1) is 16.3 Å². The van der Waals surface area contributed by atoms with Crippen molar-refractivity contribution in [3.63, 3.8) is 0 Å². The molecule has 0 saturated carbocycles. The number of aryl methyl sites for hydroxylation is 2. The fourth-order valence-electron chi connectivity index (χ4n) is 4.06. The van der Waals surface area contributed by atoms with Crippen LogP contribution in [0.3, 0.4) is 0 Å². The van der Waals surface area contributed by atoms with Crippen LogP contribution < -0.4 is 5.32 Å². The van der Waals surface area contributed by atoms with Crippen LogP contribution in [0, 0.1) is 6.92 Å². The number of para-hydroxylation sites is 1. The molecule has 2 heterocycles. The molecule has 0 spiro atoms. The molecular weight excluding hydrogens is 470 g/mol. The molecule has 34 heavy (non-hydrogen) atoms.